The molecule has 5 heteroatoms. The predicted octanol–water partition coefficient (Wildman–Crippen LogP) is 4.49. The number of ether oxygens (including phenoxy) is 2. The Morgan fingerprint density at radius 1 is 0.774 bits per heavy atom. The van der Waals surface area contributed by atoms with Crippen molar-refractivity contribution in [2.24, 2.45) is 0 Å². The van der Waals surface area contributed by atoms with Crippen LogP contribution in [-0.2, 0) is 31.9 Å². The van der Waals surface area contributed by atoms with Gasteiger partial charge in [0.15, 0.2) is 0 Å². The normalized spacial score (nSPS) is 11.6. The number of aryl methyl sites for hydroxylation is 2. The molecule has 0 fully saturated rings. The quantitative estimate of drug-likeness (QED) is 0.337. The van der Waals surface area contributed by atoms with E-state index in [-0.39, 0.29) is 24.5 Å². The molecule has 31 heavy (non-hydrogen) atoms. The van der Waals surface area contributed by atoms with E-state index in [2.05, 4.69) is 29.6 Å². The number of esters is 1. The second kappa shape index (κ2) is 15.2. The predicted molar refractivity (Wildman–Crippen MR) is 123 cm³/mol. The SMILES string of the molecule is COC[C@@H](COC(=O)CCCCc1ccccc1)NC(=O)CCCCc1ccccc1. The number of rotatable bonds is 15. The third-order valence-corrected chi connectivity index (χ3v) is 5.08. The molecule has 2 aromatic carbocycles. The molecule has 0 saturated carbocycles. The molecule has 5 nitrogen and oxygen atoms in total. The van der Waals surface area contributed by atoms with E-state index in [9.17, 15) is 9.59 Å². The van der Waals surface area contributed by atoms with Gasteiger partial charge in [-0.3, -0.25) is 9.59 Å². The summed E-state index contributed by atoms with van der Waals surface area (Å²) in [7, 11) is 1.57. The number of hydrogen-bond donors (Lipinski definition) is 1. The number of nitrogens with one attached hydrogen (secondary N) is 1. The van der Waals surface area contributed by atoms with Gasteiger partial charge in [0.2, 0.25) is 5.91 Å². The smallest absolute Gasteiger partial charge is 0.305 e. The van der Waals surface area contributed by atoms with Gasteiger partial charge in [0, 0.05) is 20.0 Å². The van der Waals surface area contributed by atoms with Gasteiger partial charge in [-0.25, -0.2) is 0 Å². The summed E-state index contributed by atoms with van der Waals surface area (Å²) in [5.74, 6) is -0.264. The van der Waals surface area contributed by atoms with Gasteiger partial charge in [-0.15, -0.1) is 0 Å². The Hall–Kier alpha value is -2.66. The molecular weight excluding hydrogens is 390 g/mol. The minimum atomic E-state index is -0.320. The number of benzene rings is 2. The van der Waals surface area contributed by atoms with Crippen LogP contribution in [0.3, 0.4) is 0 Å². The lowest BCUT2D eigenvalue weighted by Crippen LogP contribution is -2.41. The standard InChI is InChI=1S/C26H35NO4/c1-30-20-24(27-25(28)18-10-8-16-22-12-4-2-5-13-22)21-31-26(29)19-11-9-17-23-14-6-3-7-15-23/h2-7,12-15,24H,8-11,16-21H2,1H3,(H,27,28)/t24-/m0/s1. The number of methoxy groups -OCH3 is 1. The van der Waals surface area contributed by atoms with Gasteiger partial charge < -0.3 is 14.8 Å². The van der Waals surface area contributed by atoms with Crippen LogP contribution in [0.4, 0.5) is 0 Å². The van der Waals surface area contributed by atoms with Crippen molar-refractivity contribution in [3.05, 3.63) is 71.8 Å². The Morgan fingerprint density at radius 2 is 1.32 bits per heavy atom. The lowest BCUT2D eigenvalue weighted by molar-refractivity contribution is -0.145. The van der Waals surface area contributed by atoms with E-state index in [0.717, 1.165) is 38.5 Å². The van der Waals surface area contributed by atoms with Crippen molar-refractivity contribution < 1.29 is 19.1 Å². The van der Waals surface area contributed by atoms with Crippen LogP contribution < -0.4 is 5.32 Å². The first-order valence-corrected chi connectivity index (χ1v) is 11.2. The molecule has 0 aliphatic heterocycles. The molecule has 0 saturated heterocycles. The molecule has 0 aromatic heterocycles. The lowest BCUT2D eigenvalue weighted by atomic mass is 10.1. The van der Waals surface area contributed by atoms with Gasteiger partial charge in [-0.2, -0.15) is 0 Å². The van der Waals surface area contributed by atoms with E-state index in [4.69, 9.17) is 9.47 Å². The van der Waals surface area contributed by atoms with Gasteiger partial charge in [-0.1, -0.05) is 60.7 Å². The largest absolute Gasteiger partial charge is 0.463 e. The van der Waals surface area contributed by atoms with Gasteiger partial charge in [0.05, 0.1) is 12.6 Å². The van der Waals surface area contributed by atoms with E-state index in [0.29, 0.717) is 19.4 Å². The first-order chi connectivity index (χ1) is 15.2. The summed E-state index contributed by atoms with van der Waals surface area (Å²) in [5.41, 5.74) is 2.57. The van der Waals surface area contributed by atoms with Crippen LogP contribution in [0, 0.1) is 0 Å². The van der Waals surface area contributed by atoms with E-state index in [1.807, 2.05) is 36.4 Å². The summed E-state index contributed by atoms with van der Waals surface area (Å²) >= 11 is 0. The van der Waals surface area contributed by atoms with Gasteiger partial charge in [-0.05, 0) is 49.7 Å². The maximum absolute atomic E-state index is 12.2. The van der Waals surface area contributed by atoms with Gasteiger partial charge in [0.25, 0.3) is 0 Å². The number of carbonyl (C=O) groups is 2. The van der Waals surface area contributed by atoms with Crippen LogP contribution in [0.25, 0.3) is 0 Å². The van der Waals surface area contributed by atoms with Crippen molar-refractivity contribution in [1.82, 2.24) is 5.32 Å². The summed E-state index contributed by atoms with van der Waals surface area (Å²) in [6, 6.07) is 20.2. The molecule has 1 atom stereocenters. The second-order valence-electron chi connectivity index (χ2n) is 7.79. The van der Waals surface area contributed by atoms with Crippen molar-refractivity contribution >= 4 is 11.9 Å². The molecule has 168 valence electrons. The molecule has 0 aliphatic rings. The van der Waals surface area contributed by atoms with Crippen molar-refractivity contribution in [3.8, 4) is 0 Å². The second-order valence-corrected chi connectivity index (χ2v) is 7.79. The highest BCUT2D eigenvalue weighted by atomic mass is 16.5. The van der Waals surface area contributed by atoms with Crippen LogP contribution in [0.5, 0.6) is 0 Å². The van der Waals surface area contributed by atoms with E-state index >= 15 is 0 Å². The van der Waals surface area contributed by atoms with Crippen molar-refractivity contribution in [2.45, 2.75) is 57.4 Å². The van der Waals surface area contributed by atoms with E-state index in [1.54, 1.807) is 7.11 Å². The number of unbranched alkanes of at least 4 members (excludes halogenated alkanes) is 2. The first kappa shape index (κ1) is 24.6. The van der Waals surface area contributed by atoms with Gasteiger partial charge in [0.1, 0.15) is 6.61 Å². The fourth-order valence-corrected chi connectivity index (χ4v) is 3.40. The topological polar surface area (TPSA) is 64.6 Å². The fourth-order valence-electron chi connectivity index (χ4n) is 3.40. The third kappa shape index (κ3) is 11.3. The molecule has 0 radical (unpaired) electrons. The Balaban J connectivity index is 1.57. The minimum absolute atomic E-state index is 0.0333. The summed E-state index contributed by atoms with van der Waals surface area (Å²) in [4.78, 5) is 24.2. The Bertz CT molecular complexity index is 749. The minimum Gasteiger partial charge on any atom is -0.463 e. The molecule has 2 rings (SSSR count). The molecule has 0 bridgehead atoms. The fraction of sp³-hybridized carbons (Fsp3) is 0.462. The molecule has 0 aliphatic carbocycles. The molecule has 0 spiro atoms. The van der Waals surface area contributed by atoms with Crippen LogP contribution in [0.2, 0.25) is 0 Å². The monoisotopic (exact) mass is 425 g/mol. The number of carbonyl (C=O) groups excluding carboxylic acids is 2. The molecular formula is C26H35NO4. The van der Waals surface area contributed by atoms with Crippen molar-refractivity contribution in [2.75, 3.05) is 20.3 Å². The van der Waals surface area contributed by atoms with E-state index in [1.165, 1.54) is 11.1 Å². The summed E-state index contributed by atoms with van der Waals surface area (Å²) < 4.78 is 10.5. The average molecular weight is 426 g/mol. The number of amides is 1. The average Bonchev–Trinajstić information content (AvgIpc) is 2.79. The number of hydrogen-bond acceptors (Lipinski definition) is 4. The summed E-state index contributed by atoms with van der Waals surface area (Å²) in [6.45, 7) is 0.457. The molecule has 0 unspecified atom stereocenters. The lowest BCUT2D eigenvalue weighted by Gasteiger charge is -2.18. The van der Waals surface area contributed by atoms with Crippen molar-refractivity contribution in [1.29, 1.82) is 0 Å². The van der Waals surface area contributed by atoms with Crippen LogP contribution >= 0.6 is 0 Å². The zero-order chi connectivity index (χ0) is 22.2. The molecule has 1 amide bonds. The summed E-state index contributed by atoms with van der Waals surface area (Å²) in [5, 5.41) is 2.92. The van der Waals surface area contributed by atoms with Crippen LogP contribution in [-0.4, -0.2) is 38.2 Å². The van der Waals surface area contributed by atoms with Crippen LogP contribution in [0.1, 0.15) is 49.7 Å². The zero-order valence-electron chi connectivity index (χ0n) is 18.6. The van der Waals surface area contributed by atoms with Crippen molar-refractivity contribution in [3.63, 3.8) is 0 Å². The Kier molecular flexibility index (Phi) is 12.1. The maximum Gasteiger partial charge on any atom is 0.305 e. The summed E-state index contributed by atoms with van der Waals surface area (Å²) in [6.07, 6.45) is 6.29. The zero-order valence-corrected chi connectivity index (χ0v) is 18.6. The molecule has 1 N–H and O–H groups in total. The highest BCUT2D eigenvalue weighted by Gasteiger charge is 2.15. The van der Waals surface area contributed by atoms with Crippen LogP contribution in [0.15, 0.2) is 60.7 Å². The maximum atomic E-state index is 12.2. The molecule has 2 aromatic rings. The molecule has 0 heterocycles. The highest BCUT2D eigenvalue weighted by Crippen LogP contribution is 2.08. The third-order valence-electron chi connectivity index (χ3n) is 5.08. The highest BCUT2D eigenvalue weighted by molar-refractivity contribution is 5.76. The Morgan fingerprint density at radius 3 is 1.87 bits per heavy atom. The van der Waals surface area contributed by atoms with Gasteiger partial charge >= 0.3 is 5.97 Å². The first-order valence-electron chi connectivity index (χ1n) is 11.2. The van der Waals surface area contributed by atoms with E-state index < -0.39 is 0 Å². The Labute approximate surface area is 186 Å².